The van der Waals surface area contributed by atoms with Gasteiger partial charge in [-0.25, -0.2) is 0 Å². The summed E-state index contributed by atoms with van der Waals surface area (Å²) in [6.45, 7) is 0. The Morgan fingerprint density at radius 3 is 2.59 bits per heavy atom. The van der Waals surface area contributed by atoms with Crippen molar-refractivity contribution in [3.8, 4) is 5.75 Å². The van der Waals surface area contributed by atoms with E-state index < -0.39 is 5.91 Å². The highest BCUT2D eigenvalue weighted by Crippen LogP contribution is 2.32. The molecule has 0 unspecified atom stereocenters. The van der Waals surface area contributed by atoms with Crippen LogP contribution >= 0.6 is 34.5 Å². The summed E-state index contributed by atoms with van der Waals surface area (Å²) in [5, 5.41) is 12.1. The molecule has 3 nitrogen and oxygen atoms in total. The number of aromatic hydroxyl groups is 1. The van der Waals surface area contributed by atoms with E-state index in [0.29, 0.717) is 19.9 Å². The molecule has 6 heteroatoms. The van der Waals surface area contributed by atoms with Gasteiger partial charge in [-0.1, -0.05) is 35.3 Å². The zero-order valence-electron chi connectivity index (χ0n) is 8.41. The Balaban J connectivity index is 2.23. The number of halogens is 2. The minimum absolute atomic E-state index is 0.00158. The van der Waals surface area contributed by atoms with Crippen molar-refractivity contribution in [2.75, 3.05) is 5.32 Å². The van der Waals surface area contributed by atoms with Crippen molar-refractivity contribution in [3.05, 3.63) is 44.6 Å². The van der Waals surface area contributed by atoms with Crippen LogP contribution in [-0.2, 0) is 0 Å². The van der Waals surface area contributed by atoms with E-state index in [2.05, 4.69) is 5.32 Å². The van der Waals surface area contributed by atoms with Gasteiger partial charge in [-0.15, -0.1) is 11.3 Å². The molecule has 0 spiro atoms. The third kappa shape index (κ3) is 2.72. The molecule has 0 saturated heterocycles. The van der Waals surface area contributed by atoms with E-state index in [0.717, 1.165) is 11.3 Å². The maximum Gasteiger partial charge on any atom is 0.258 e. The van der Waals surface area contributed by atoms with Crippen LogP contribution in [0.3, 0.4) is 0 Å². The molecule has 1 heterocycles. The van der Waals surface area contributed by atoms with Crippen molar-refractivity contribution in [1.82, 2.24) is 0 Å². The standard InChI is InChI=1S/C11H7Cl2NO2S/c12-9-5-6(10(13)17-9)11(16)14-7-3-1-2-4-8(7)15/h1-5,15H,(H,14,16). The van der Waals surface area contributed by atoms with Gasteiger partial charge >= 0.3 is 0 Å². The van der Waals surface area contributed by atoms with Crippen LogP contribution in [0.4, 0.5) is 5.69 Å². The predicted molar refractivity (Wildman–Crippen MR) is 70.4 cm³/mol. The zero-order chi connectivity index (χ0) is 12.4. The second-order valence-corrected chi connectivity index (χ2v) is 5.49. The van der Waals surface area contributed by atoms with Crippen LogP contribution in [0.15, 0.2) is 30.3 Å². The SMILES string of the molecule is O=C(Nc1ccccc1O)c1cc(Cl)sc1Cl. The summed E-state index contributed by atoms with van der Waals surface area (Å²) in [6.07, 6.45) is 0. The lowest BCUT2D eigenvalue weighted by atomic mass is 10.2. The number of carbonyl (C=O) groups is 1. The van der Waals surface area contributed by atoms with Crippen molar-refractivity contribution in [3.63, 3.8) is 0 Å². The van der Waals surface area contributed by atoms with Gasteiger partial charge in [0.05, 0.1) is 15.6 Å². The number of benzene rings is 1. The number of carbonyl (C=O) groups excluding carboxylic acids is 1. The highest BCUT2D eigenvalue weighted by Gasteiger charge is 2.15. The van der Waals surface area contributed by atoms with Gasteiger partial charge in [-0.2, -0.15) is 0 Å². The number of anilines is 1. The van der Waals surface area contributed by atoms with E-state index >= 15 is 0 Å². The van der Waals surface area contributed by atoms with Crippen molar-refractivity contribution >= 4 is 46.1 Å². The second-order valence-electron chi connectivity index (χ2n) is 3.21. The van der Waals surface area contributed by atoms with Gasteiger partial charge in [0.15, 0.2) is 0 Å². The number of phenolic OH excluding ortho intramolecular Hbond substituents is 1. The Labute approximate surface area is 112 Å². The molecule has 0 aliphatic heterocycles. The summed E-state index contributed by atoms with van der Waals surface area (Å²) in [7, 11) is 0. The molecule has 0 aliphatic rings. The molecule has 1 aromatic carbocycles. The fraction of sp³-hybridized carbons (Fsp3) is 0. The number of nitrogens with one attached hydrogen (secondary N) is 1. The van der Waals surface area contributed by atoms with E-state index in [1.165, 1.54) is 12.1 Å². The summed E-state index contributed by atoms with van der Waals surface area (Å²) in [6, 6.07) is 7.94. The Morgan fingerprint density at radius 2 is 2.00 bits per heavy atom. The number of rotatable bonds is 2. The molecule has 17 heavy (non-hydrogen) atoms. The number of amides is 1. The second kappa shape index (κ2) is 4.96. The Hall–Kier alpha value is -1.23. The Kier molecular flexibility index (Phi) is 3.57. The molecule has 0 bridgehead atoms. The molecule has 0 radical (unpaired) electrons. The number of hydrogen-bond acceptors (Lipinski definition) is 3. The van der Waals surface area contributed by atoms with E-state index in [9.17, 15) is 9.90 Å². The summed E-state index contributed by atoms with van der Waals surface area (Å²) < 4.78 is 0.764. The fourth-order valence-electron chi connectivity index (χ4n) is 1.26. The number of phenols is 1. The molecule has 2 rings (SSSR count). The van der Waals surface area contributed by atoms with Gasteiger partial charge in [0.25, 0.3) is 5.91 Å². The van der Waals surface area contributed by atoms with Gasteiger partial charge in [0.1, 0.15) is 10.1 Å². The molecule has 2 N–H and O–H groups in total. The van der Waals surface area contributed by atoms with Gasteiger partial charge in [-0.05, 0) is 18.2 Å². The molecule has 0 atom stereocenters. The normalized spacial score (nSPS) is 10.2. The van der Waals surface area contributed by atoms with Crippen molar-refractivity contribution in [1.29, 1.82) is 0 Å². The summed E-state index contributed by atoms with van der Waals surface area (Å²) >= 11 is 12.7. The topological polar surface area (TPSA) is 49.3 Å². The molecule has 88 valence electrons. The van der Waals surface area contributed by atoms with E-state index in [4.69, 9.17) is 23.2 Å². The number of thiophene rings is 1. The molecule has 2 aromatic rings. The first kappa shape index (κ1) is 12.2. The Bertz CT molecular complexity index is 568. The first-order valence-electron chi connectivity index (χ1n) is 4.62. The van der Waals surface area contributed by atoms with E-state index in [1.807, 2.05) is 0 Å². The largest absolute Gasteiger partial charge is 0.506 e. The van der Waals surface area contributed by atoms with Crippen molar-refractivity contribution in [2.45, 2.75) is 0 Å². The van der Waals surface area contributed by atoms with Gasteiger partial charge in [-0.3, -0.25) is 4.79 Å². The minimum Gasteiger partial charge on any atom is -0.506 e. The van der Waals surface area contributed by atoms with Gasteiger partial charge in [0, 0.05) is 0 Å². The van der Waals surface area contributed by atoms with Crippen LogP contribution in [0.25, 0.3) is 0 Å². The fourth-order valence-corrected chi connectivity index (χ4v) is 2.72. The number of para-hydroxylation sites is 2. The zero-order valence-corrected chi connectivity index (χ0v) is 10.7. The molecule has 1 amide bonds. The summed E-state index contributed by atoms with van der Waals surface area (Å²) in [4.78, 5) is 11.8. The molecular weight excluding hydrogens is 281 g/mol. The first-order chi connectivity index (χ1) is 8.08. The highest BCUT2D eigenvalue weighted by molar-refractivity contribution is 7.20. The summed E-state index contributed by atoms with van der Waals surface area (Å²) in [5.74, 6) is -0.405. The maximum absolute atomic E-state index is 11.8. The smallest absolute Gasteiger partial charge is 0.258 e. The highest BCUT2D eigenvalue weighted by atomic mass is 35.5. The van der Waals surface area contributed by atoms with E-state index in [1.54, 1.807) is 18.2 Å². The van der Waals surface area contributed by atoms with Crippen LogP contribution in [0, 0.1) is 0 Å². The molecular formula is C11H7Cl2NO2S. The van der Waals surface area contributed by atoms with Crippen LogP contribution in [-0.4, -0.2) is 11.0 Å². The van der Waals surface area contributed by atoms with Gasteiger partial charge < -0.3 is 10.4 Å². The summed E-state index contributed by atoms with van der Waals surface area (Å²) in [5.41, 5.74) is 0.626. The maximum atomic E-state index is 11.8. The lowest BCUT2D eigenvalue weighted by molar-refractivity contribution is 0.102. The average Bonchev–Trinajstić information content (AvgIpc) is 2.61. The average molecular weight is 288 g/mol. The first-order valence-corrected chi connectivity index (χ1v) is 6.19. The van der Waals surface area contributed by atoms with Crippen LogP contribution in [0.5, 0.6) is 5.75 Å². The Morgan fingerprint density at radius 1 is 1.29 bits per heavy atom. The number of hydrogen-bond donors (Lipinski definition) is 2. The molecule has 0 fully saturated rings. The van der Waals surface area contributed by atoms with E-state index in [-0.39, 0.29) is 5.75 Å². The van der Waals surface area contributed by atoms with Crippen LogP contribution in [0.2, 0.25) is 8.67 Å². The van der Waals surface area contributed by atoms with Crippen LogP contribution < -0.4 is 5.32 Å². The monoisotopic (exact) mass is 287 g/mol. The van der Waals surface area contributed by atoms with Crippen LogP contribution in [0.1, 0.15) is 10.4 Å². The van der Waals surface area contributed by atoms with Crippen molar-refractivity contribution < 1.29 is 9.90 Å². The quantitative estimate of drug-likeness (QED) is 0.820. The molecule has 0 aliphatic carbocycles. The lowest BCUT2D eigenvalue weighted by Crippen LogP contribution is -2.11. The molecule has 0 saturated carbocycles. The predicted octanol–water partition coefficient (Wildman–Crippen LogP) is 4.01. The minimum atomic E-state index is -0.403. The molecule has 1 aromatic heterocycles. The third-order valence-electron chi connectivity index (χ3n) is 2.05. The third-order valence-corrected chi connectivity index (χ3v) is 3.54. The van der Waals surface area contributed by atoms with Gasteiger partial charge in [0.2, 0.25) is 0 Å². The lowest BCUT2D eigenvalue weighted by Gasteiger charge is -2.05. The van der Waals surface area contributed by atoms with Crippen molar-refractivity contribution in [2.24, 2.45) is 0 Å².